The van der Waals surface area contributed by atoms with Gasteiger partial charge in [0.15, 0.2) is 0 Å². The van der Waals surface area contributed by atoms with Crippen LogP contribution in [0.1, 0.15) is 36.8 Å². The van der Waals surface area contributed by atoms with Gasteiger partial charge in [0.1, 0.15) is 6.07 Å². The SMILES string of the molecule is Cc1ccc(NCCCC2CC2)c(C#N)c1. The van der Waals surface area contributed by atoms with E-state index < -0.39 is 0 Å². The molecule has 1 fully saturated rings. The highest BCUT2D eigenvalue weighted by atomic mass is 14.9. The van der Waals surface area contributed by atoms with Crippen molar-refractivity contribution in [3.63, 3.8) is 0 Å². The van der Waals surface area contributed by atoms with Crippen LogP contribution < -0.4 is 5.32 Å². The van der Waals surface area contributed by atoms with Crippen LogP contribution in [-0.4, -0.2) is 6.54 Å². The molecule has 0 spiro atoms. The predicted octanol–water partition coefficient (Wildman–Crippen LogP) is 3.47. The van der Waals surface area contributed by atoms with E-state index in [2.05, 4.69) is 11.4 Å². The number of nitrogens with one attached hydrogen (secondary N) is 1. The van der Waals surface area contributed by atoms with Crippen LogP contribution in [0.3, 0.4) is 0 Å². The lowest BCUT2D eigenvalue weighted by Crippen LogP contribution is -2.03. The number of nitrogens with zero attached hydrogens (tertiary/aromatic N) is 1. The van der Waals surface area contributed by atoms with Crippen molar-refractivity contribution in [1.82, 2.24) is 0 Å². The van der Waals surface area contributed by atoms with E-state index in [4.69, 9.17) is 5.26 Å². The highest BCUT2D eigenvalue weighted by Crippen LogP contribution is 2.33. The van der Waals surface area contributed by atoms with E-state index in [1.165, 1.54) is 25.7 Å². The molecule has 0 aromatic heterocycles. The Bertz CT molecular complexity index is 400. The molecule has 1 aromatic rings. The number of rotatable bonds is 5. The van der Waals surface area contributed by atoms with E-state index in [0.29, 0.717) is 0 Å². The van der Waals surface area contributed by atoms with Crippen molar-refractivity contribution in [2.45, 2.75) is 32.6 Å². The molecule has 2 rings (SSSR count). The molecule has 0 amide bonds. The standard InChI is InChI=1S/C14H18N2/c1-11-4-7-14(13(9-11)10-15)16-8-2-3-12-5-6-12/h4,7,9,12,16H,2-3,5-6,8H2,1H3. The molecular weight excluding hydrogens is 196 g/mol. The first-order valence-electron chi connectivity index (χ1n) is 6.04. The third-order valence-electron chi connectivity index (χ3n) is 3.10. The summed E-state index contributed by atoms with van der Waals surface area (Å²) in [6, 6.07) is 8.22. The quantitative estimate of drug-likeness (QED) is 0.762. The fourth-order valence-corrected chi connectivity index (χ4v) is 1.93. The number of hydrogen-bond donors (Lipinski definition) is 1. The van der Waals surface area contributed by atoms with Crippen LogP contribution >= 0.6 is 0 Å². The molecule has 0 bridgehead atoms. The second kappa shape index (κ2) is 5.03. The third kappa shape index (κ3) is 3.00. The first-order chi connectivity index (χ1) is 7.79. The first kappa shape index (κ1) is 11.0. The summed E-state index contributed by atoms with van der Waals surface area (Å²) in [6.07, 6.45) is 5.39. The van der Waals surface area contributed by atoms with Gasteiger partial charge in [-0.3, -0.25) is 0 Å². The van der Waals surface area contributed by atoms with Crippen molar-refractivity contribution >= 4 is 5.69 Å². The minimum Gasteiger partial charge on any atom is -0.384 e. The maximum Gasteiger partial charge on any atom is 0.101 e. The average Bonchev–Trinajstić information content (AvgIpc) is 3.09. The van der Waals surface area contributed by atoms with Gasteiger partial charge in [0, 0.05) is 6.54 Å². The molecule has 84 valence electrons. The molecule has 0 radical (unpaired) electrons. The van der Waals surface area contributed by atoms with Crippen LogP contribution in [0.15, 0.2) is 18.2 Å². The predicted molar refractivity (Wildman–Crippen MR) is 66.3 cm³/mol. The molecule has 1 N–H and O–H groups in total. The number of benzene rings is 1. The number of hydrogen-bond acceptors (Lipinski definition) is 2. The van der Waals surface area contributed by atoms with Crippen LogP contribution in [0.4, 0.5) is 5.69 Å². The normalized spacial score (nSPS) is 14.5. The molecule has 16 heavy (non-hydrogen) atoms. The zero-order valence-corrected chi connectivity index (χ0v) is 9.79. The van der Waals surface area contributed by atoms with Crippen LogP contribution in [-0.2, 0) is 0 Å². The van der Waals surface area contributed by atoms with Crippen LogP contribution in [0.2, 0.25) is 0 Å². The summed E-state index contributed by atoms with van der Waals surface area (Å²) in [7, 11) is 0. The van der Waals surface area contributed by atoms with Crippen molar-refractivity contribution in [1.29, 1.82) is 5.26 Å². The summed E-state index contributed by atoms with van der Waals surface area (Å²) in [5.74, 6) is 0.996. The van der Waals surface area contributed by atoms with Gasteiger partial charge >= 0.3 is 0 Å². The third-order valence-corrected chi connectivity index (χ3v) is 3.10. The Labute approximate surface area is 97.3 Å². The fourth-order valence-electron chi connectivity index (χ4n) is 1.93. The van der Waals surface area contributed by atoms with Crippen molar-refractivity contribution in [3.8, 4) is 6.07 Å². The van der Waals surface area contributed by atoms with Crippen molar-refractivity contribution in [2.75, 3.05) is 11.9 Å². The van der Waals surface area contributed by atoms with Crippen LogP contribution in [0, 0.1) is 24.2 Å². The van der Waals surface area contributed by atoms with Gasteiger partial charge in [0.25, 0.3) is 0 Å². The largest absolute Gasteiger partial charge is 0.384 e. The molecule has 1 aromatic carbocycles. The van der Waals surface area contributed by atoms with Gasteiger partial charge in [-0.25, -0.2) is 0 Å². The number of aryl methyl sites for hydroxylation is 1. The topological polar surface area (TPSA) is 35.8 Å². The van der Waals surface area contributed by atoms with Crippen LogP contribution in [0.5, 0.6) is 0 Å². The molecule has 1 aliphatic rings. The Morgan fingerprint density at radius 2 is 2.25 bits per heavy atom. The Morgan fingerprint density at radius 3 is 2.94 bits per heavy atom. The summed E-state index contributed by atoms with van der Waals surface area (Å²) in [6.45, 7) is 2.99. The van der Waals surface area contributed by atoms with Gasteiger partial charge in [0.2, 0.25) is 0 Å². The minimum absolute atomic E-state index is 0.756. The molecule has 0 saturated heterocycles. The van der Waals surface area contributed by atoms with Crippen molar-refractivity contribution < 1.29 is 0 Å². The maximum atomic E-state index is 9.01. The lowest BCUT2D eigenvalue weighted by molar-refractivity contribution is 0.687. The molecule has 1 saturated carbocycles. The van der Waals surface area contributed by atoms with Crippen molar-refractivity contribution in [3.05, 3.63) is 29.3 Å². The van der Waals surface area contributed by atoms with Crippen molar-refractivity contribution in [2.24, 2.45) is 5.92 Å². The highest BCUT2D eigenvalue weighted by molar-refractivity contribution is 5.58. The van der Waals surface area contributed by atoms with Gasteiger partial charge in [0.05, 0.1) is 11.3 Å². The fraction of sp³-hybridized carbons (Fsp3) is 0.500. The van der Waals surface area contributed by atoms with Crippen LogP contribution in [0.25, 0.3) is 0 Å². The number of anilines is 1. The van der Waals surface area contributed by atoms with Gasteiger partial charge in [-0.05, 0) is 43.4 Å². The molecule has 2 heteroatoms. The van der Waals surface area contributed by atoms with E-state index >= 15 is 0 Å². The second-order valence-electron chi connectivity index (χ2n) is 4.67. The van der Waals surface area contributed by atoms with Gasteiger partial charge in [-0.15, -0.1) is 0 Å². The zero-order chi connectivity index (χ0) is 11.4. The van der Waals surface area contributed by atoms with E-state index in [1.807, 2.05) is 25.1 Å². The van der Waals surface area contributed by atoms with E-state index in [9.17, 15) is 0 Å². The zero-order valence-electron chi connectivity index (χ0n) is 9.79. The minimum atomic E-state index is 0.756. The Kier molecular flexibility index (Phi) is 3.46. The lowest BCUT2D eigenvalue weighted by Gasteiger charge is -2.08. The molecular formula is C14H18N2. The summed E-state index contributed by atoms with van der Waals surface area (Å²) in [5, 5.41) is 12.4. The van der Waals surface area contributed by atoms with Gasteiger partial charge < -0.3 is 5.32 Å². The Balaban J connectivity index is 1.85. The summed E-state index contributed by atoms with van der Waals surface area (Å²) in [5.41, 5.74) is 2.87. The van der Waals surface area contributed by atoms with E-state index in [-0.39, 0.29) is 0 Å². The molecule has 0 heterocycles. The molecule has 1 aliphatic carbocycles. The van der Waals surface area contributed by atoms with Gasteiger partial charge in [-0.1, -0.05) is 18.9 Å². The maximum absolute atomic E-state index is 9.01. The second-order valence-corrected chi connectivity index (χ2v) is 4.67. The monoisotopic (exact) mass is 214 g/mol. The number of nitriles is 1. The summed E-state index contributed by atoms with van der Waals surface area (Å²) < 4.78 is 0. The smallest absolute Gasteiger partial charge is 0.101 e. The summed E-state index contributed by atoms with van der Waals surface area (Å²) >= 11 is 0. The highest BCUT2D eigenvalue weighted by Gasteiger charge is 2.19. The van der Waals surface area contributed by atoms with E-state index in [1.54, 1.807) is 0 Å². The lowest BCUT2D eigenvalue weighted by atomic mass is 10.1. The Morgan fingerprint density at radius 1 is 1.44 bits per heavy atom. The van der Waals surface area contributed by atoms with Gasteiger partial charge in [-0.2, -0.15) is 5.26 Å². The molecule has 0 unspecified atom stereocenters. The Hall–Kier alpha value is -1.49. The molecule has 0 aliphatic heterocycles. The first-order valence-corrected chi connectivity index (χ1v) is 6.04. The molecule has 0 atom stereocenters. The van der Waals surface area contributed by atoms with E-state index in [0.717, 1.165) is 29.3 Å². The summed E-state index contributed by atoms with van der Waals surface area (Å²) in [4.78, 5) is 0. The molecule has 2 nitrogen and oxygen atoms in total. The average molecular weight is 214 g/mol.